The summed E-state index contributed by atoms with van der Waals surface area (Å²) in [5, 5.41) is 2.83. The fourth-order valence-electron chi connectivity index (χ4n) is 1.30. The van der Waals surface area contributed by atoms with E-state index < -0.39 is 11.6 Å². The van der Waals surface area contributed by atoms with Gasteiger partial charge in [-0.25, -0.2) is 13.8 Å². The first-order valence-corrected chi connectivity index (χ1v) is 4.96. The van der Waals surface area contributed by atoms with E-state index in [2.05, 4.69) is 10.3 Å². The lowest BCUT2D eigenvalue weighted by atomic mass is 10.3. The van der Waals surface area contributed by atoms with Crippen molar-refractivity contribution in [3.05, 3.63) is 48.2 Å². The number of benzene rings is 1. The number of nitrogens with zero attached hydrogens (tertiary/aromatic N) is 1. The Labute approximate surface area is 97.1 Å². The largest absolute Gasteiger partial charge is 0.454 e. The molecule has 5 heteroatoms. The number of anilines is 1. The standard InChI is InChI=1S/C12H10F2N2O/c1-15-12-7-9(4-5-16-12)17-11-3-2-8(13)6-10(11)14/h2-7H,1H3,(H,15,16). The van der Waals surface area contributed by atoms with Crippen LogP contribution in [0.5, 0.6) is 11.5 Å². The van der Waals surface area contributed by atoms with Gasteiger partial charge in [-0.1, -0.05) is 0 Å². The van der Waals surface area contributed by atoms with Crippen LogP contribution in [0.25, 0.3) is 0 Å². The van der Waals surface area contributed by atoms with Crippen LogP contribution in [0.3, 0.4) is 0 Å². The zero-order chi connectivity index (χ0) is 12.3. The van der Waals surface area contributed by atoms with Gasteiger partial charge in [-0.2, -0.15) is 0 Å². The minimum atomic E-state index is -0.743. The van der Waals surface area contributed by atoms with Gasteiger partial charge in [0.25, 0.3) is 0 Å². The van der Waals surface area contributed by atoms with Crippen LogP contribution in [0.15, 0.2) is 36.5 Å². The lowest BCUT2D eigenvalue weighted by molar-refractivity contribution is 0.437. The fraction of sp³-hybridized carbons (Fsp3) is 0.0833. The van der Waals surface area contributed by atoms with E-state index in [1.165, 1.54) is 12.3 Å². The molecule has 0 radical (unpaired) electrons. The number of hydrogen-bond donors (Lipinski definition) is 1. The lowest BCUT2D eigenvalue weighted by Gasteiger charge is -2.07. The van der Waals surface area contributed by atoms with Crippen molar-refractivity contribution in [2.75, 3.05) is 12.4 Å². The summed E-state index contributed by atoms with van der Waals surface area (Å²) >= 11 is 0. The highest BCUT2D eigenvalue weighted by atomic mass is 19.1. The van der Waals surface area contributed by atoms with E-state index in [9.17, 15) is 8.78 Å². The van der Waals surface area contributed by atoms with E-state index in [0.29, 0.717) is 11.6 Å². The summed E-state index contributed by atoms with van der Waals surface area (Å²) in [6.45, 7) is 0. The maximum absolute atomic E-state index is 13.3. The van der Waals surface area contributed by atoms with E-state index in [-0.39, 0.29) is 5.75 Å². The molecule has 2 aromatic rings. The summed E-state index contributed by atoms with van der Waals surface area (Å²) in [7, 11) is 1.71. The molecule has 0 fully saturated rings. The van der Waals surface area contributed by atoms with Gasteiger partial charge in [0, 0.05) is 25.4 Å². The second-order valence-corrected chi connectivity index (χ2v) is 3.30. The van der Waals surface area contributed by atoms with E-state index >= 15 is 0 Å². The van der Waals surface area contributed by atoms with Gasteiger partial charge in [0.15, 0.2) is 11.6 Å². The van der Waals surface area contributed by atoms with Gasteiger partial charge in [0.1, 0.15) is 17.4 Å². The van der Waals surface area contributed by atoms with Gasteiger partial charge < -0.3 is 10.1 Å². The number of hydrogen-bond acceptors (Lipinski definition) is 3. The van der Waals surface area contributed by atoms with Crippen LogP contribution in [-0.2, 0) is 0 Å². The Morgan fingerprint density at radius 2 is 2.00 bits per heavy atom. The van der Waals surface area contributed by atoms with Crippen LogP contribution in [0, 0.1) is 11.6 Å². The Morgan fingerprint density at radius 1 is 1.18 bits per heavy atom. The second kappa shape index (κ2) is 4.78. The highest BCUT2D eigenvalue weighted by molar-refractivity contribution is 5.42. The molecule has 1 aromatic carbocycles. The first-order valence-electron chi connectivity index (χ1n) is 4.96. The molecule has 0 aliphatic rings. The quantitative estimate of drug-likeness (QED) is 0.888. The molecule has 0 saturated carbocycles. The van der Waals surface area contributed by atoms with Crippen LogP contribution >= 0.6 is 0 Å². The van der Waals surface area contributed by atoms with Crippen molar-refractivity contribution in [1.82, 2.24) is 4.98 Å². The average molecular weight is 236 g/mol. The Balaban J connectivity index is 2.25. The maximum atomic E-state index is 13.3. The van der Waals surface area contributed by atoms with Crippen molar-refractivity contribution >= 4 is 5.82 Å². The number of pyridine rings is 1. The van der Waals surface area contributed by atoms with E-state index in [0.717, 1.165) is 12.1 Å². The molecule has 17 heavy (non-hydrogen) atoms. The topological polar surface area (TPSA) is 34.1 Å². The van der Waals surface area contributed by atoms with Crippen molar-refractivity contribution in [1.29, 1.82) is 0 Å². The molecule has 0 spiro atoms. The zero-order valence-corrected chi connectivity index (χ0v) is 9.08. The van der Waals surface area contributed by atoms with Crippen LogP contribution in [0.2, 0.25) is 0 Å². The average Bonchev–Trinajstić information content (AvgIpc) is 2.33. The molecule has 0 aliphatic carbocycles. The van der Waals surface area contributed by atoms with Crippen molar-refractivity contribution < 1.29 is 13.5 Å². The van der Waals surface area contributed by atoms with Crippen LogP contribution in [0.4, 0.5) is 14.6 Å². The van der Waals surface area contributed by atoms with Crippen molar-refractivity contribution in [2.45, 2.75) is 0 Å². The third-order valence-corrected chi connectivity index (χ3v) is 2.11. The Kier molecular flexibility index (Phi) is 3.18. The minimum Gasteiger partial charge on any atom is -0.454 e. The fourth-order valence-corrected chi connectivity index (χ4v) is 1.30. The molecule has 1 N–H and O–H groups in total. The Bertz CT molecular complexity index is 532. The van der Waals surface area contributed by atoms with Gasteiger partial charge >= 0.3 is 0 Å². The molecule has 0 atom stereocenters. The first kappa shape index (κ1) is 11.3. The third kappa shape index (κ3) is 2.69. The molecule has 88 valence electrons. The molecule has 0 amide bonds. The molecule has 0 bridgehead atoms. The summed E-state index contributed by atoms with van der Waals surface area (Å²) < 4.78 is 31.3. The predicted octanol–water partition coefficient (Wildman–Crippen LogP) is 3.19. The smallest absolute Gasteiger partial charge is 0.168 e. The molecular formula is C12H10F2N2O. The van der Waals surface area contributed by atoms with Gasteiger partial charge in [-0.05, 0) is 18.2 Å². The summed E-state index contributed by atoms with van der Waals surface area (Å²) in [4.78, 5) is 3.99. The van der Waals surface area contributed by atoms with Gasteiger partial charge in [0.2, 0.25) is 0 Å². The van der Waals surface area contributed by atoms with Gasteiger partial charge in [-0.3, -0.25) is 0 Å². The molecule has 0 unspecified atom stereocenters. The monoisotopic (exact) mass is 236 g/mol. The summed E-state index contributed by atoms with van der Waals surface area (Å²) in [5.41, 5.74) is 0. The molecule has 0 aliphatic heterocycles. The lowest BCUT2D eigenvalue weighted by Crippen LogP contribution is -1.93. The van der Waals surface area contributed by atoms with Gasteiger partial charge in [-0.15, -0.1) is 0 Å². The van der Waals surface area contributed by atoms with Crippen LogP contribution in [-0.4, -0.2) is 12.0 Å². The van der Waals surface area contributed by atoms with E-state index in [4.69, 9.17) is 4.74 Å². The zero-order valence-electron chi connectivity index (χ0n) is 9.08. The highest BCUT2D eigenvalue weighted by Gasteiger charge is 2.06. The number of halogens is 2. The summed E-state index contributed by atoms with van der Waals surface area (Å²) in [6, 6.07) is 6.35. The maximum Gasteiger partial charge on any atom is 0.168 e. The number of ether oxygens (including phenoxy) is 1. The number of aromatic nitrogens is 1. The molecule has 0 saturated heterocycles. The van der Waals surface area contributed by atoms with Crippen LogP contribution < -0.4 is 10.1 Å². The molecule has 1 heterocycles. The number of nitrogens with one attached hydrogen (secondary N) is 1. The number of rotatable bonds is 3. The summed E-state index contributed by atoms with van der Waals surface area (Å²) in [5.74, 6) is -0.382. The Hall–Kier alpha value is -2.17. The van der Waals surface area contributed by atoms with E-state index in [1.807, 2.05) is 0 Å². The highest BCUT2D eigenvalue weighted by Crippen LogP contribution is 2.25. The normalized spacial score (nSPS) is 10.1. The molecule has 1 aromatic heterocycles. The minimum absolute atomic E-state index is 0.0281. The second-order valence-electron chi connectivity index (χ2n) is 3.30. The van der Waals surface area contributed by atoms with Crippen molar-refractivity contribution in [2.24, 2.45) is 0 Å². The van der Waals surface area contributed by atoms with Crippen molar-refractivity contribution in [3.8, 4) is 11.5 Å². The molecule has 2 rings (SSSR count). The SMILES string of the molecule is CNc1cc(Oc2ccc(F)cc2F)ccn1. The van der Waals surface area contributed by atoms with Crippen LogP contribution in [0.1, 0.15) is 0 Å². The molecule has 3 nitrogen and oxygen atoms in total. The summed E-state index contributed by atoms with van der Waals surface area (Å²) in [6.07, 6.45) is 1.53. The van der Waals surface area contributed by atoms with E-state index in [1.54, 1.807) is 19.2 Å². The van der Waals surface area contributed by atoms with Gasteiger partial charge in [0.05, 0.1) is 0 Å². The predicted molar refractivity (Wildman–Crippen MR) is 60.2 cm³/mol. The third-order valence-electron chi connectivity index (χ3n) is 2.11. The Morgan fingerprint density at radius 3 is 2.71 bits per heavy atom. The van der Waals surface area contributed by atoms with Crippen molar-refractivity contribution in [3.63, 3.8) is 0 Å². The molecular weight excluding hydrogens is 226 g/mol. The first-order chi connectivity index (χ1) is 8.19.